The van der Waals surface area contributed by atoms with Crippen LogP contribution in [0.4, 0.5) is 5.69 Å². The lowest BCUT2D eigenvalue weighted by Gasteiger charge is -2.28. The second kappa shape index (κ2) is 14.5. The fourth-order valence-corrected chi connectivity index (χ4v) is 6.42. The standard InChI is InChI=1S/C31H43N5O3S/c1-3-35(25-10-8-9-22(2)19-25)29(37)21-36-26-15-18-40-28(26)20-27(36)31(39)34-24-13-11-23(12-14-24)30(38)33-17-7-5-4-6-16-32/h8-10,15,18-20,23-24H,3-7,11-14,16-17,21,32H2,1-2H3,(H,33,38)(H,34,39). The topological polar surface area (TPSA) is 109 Å². The predicted molar refractivity (Wildman–Crippen MR) is 163 cm³/mol. The Labute approximate surface area is 241 Å². The van der Waals surface area contributed by atoms with Crippen molar-refractivity contribution in [1.29, 1.82) is 0 Å². The average molecular weight is 566 g/mol. The summed E-state index contributed by atoms with van der Waals surface area (Å²) in [6.45, 7) is 6.04. The van der Waals surface area contributed by atoms with Crippen LogP contribution in [0.1, 0.15) is 74.3 Å². The van der Waals surface area contributed by atoms with Gasteiger partial charge in [-0.15, -0.1) is 11.3 Å². The van der Waals surface area contributed by atoms with Crippen LogP contribution in [0, 0.1) is 12.8 Å². The lowest BCUT2D eigenvalue weighted by Crippen LogP contribution is -2.42. The number of anilines is 1. The van der Waals surface area contributed by atoms with Gasteiger partial charge in [-0.3, -0.25) is 14.4 Å². The van der Waals surface area contributed by atoms with Crippen molar-refractivity contribution in [2.75, 3.05) is 24.5 Å². The molecule has 0 saturated heterocycles. The van der Waals surface area contributed by atoms with Gasteiger partial charge in [-0.2, -0.15) is 0 Å². The van der Waals surface area contributed by atoms with Gasteiger partial charge in [0, 0.05) is 30.7 Å². The number of rotatable bonds is 13. The van der Waals surface area contributed by atoms with Crippen LogP contribution in [0.25, 0.3) is 10.2 Å². The summed E-state index contributed by atoms with van der Waals surface area (Å²) in [4.78, 5) is 41.3. The monoisotopic (exact) mass is 565 g/mol. The van der Waals surface area contributed by atoms with Gasteiger partial charge in [0.1, 0.15) is 12.2 Å². The molecular weight excluding hydrogens is 522 g/mol. The zero-order valence-electron chi connectivity index (χ0n) is 23.8. The lowest BCUT2D eigenvalue weighted by molar-refractivity contribution is -0.126. The van der Waals surface area contributed by atoms with Crippen molar-refractivity contribution in [2.45, 2.75) is 77.8 Å². The van der Waals surface area contributed by atoms with Gasteiger partial charge in [0.2, 0.25) is 11.8 Å². The number of nitrogens with one attached hydrogen (secondary N) is 2. The second-order valence-electron chi connectivity index (χ2n) is 10.8. The summed E-state index contributed by atoms with van der Waals surface area (Å²) in [5, 5.41) is 8.26. The molecule has 0 aliphatic heterocycles. The summed E-state index contributed by atoms with van der Waals surface area (Å²) in [5.41, 5.74) is 8.88. The number of aryl methyl sites for hydroxylation is 1. The highest BCUT2D eigenvalue weighted by Crippen LogP contribution is 2.28. The first-order valence-electron chi connectivity index (χ1n) is 14.6. The van der Waals surface area contributed by atoms with E-state index in [1.807, 2.05) is 60.2 Å². The van der Waals surface area contributed by atoms with Gasteiger partial charge in [0.25, 0.3) is 5.91 Å². The minimum absolute atomic E-state index is 0.00525. The Morgan fingerprint density at radius 3 is 2.55 bits per heavy atom. The Kier molecular flexibility index (Phi) is 10.8. The molecule has 1 aromatic carbocycles. The third-order valence-corrected chi connectivity index (χ3v) is 8.70. The van der Waals surface area contributed by atoms with Crippen molar-refractivity contribution in [2.24, 2.45) is 11.7 Å². The normalized spacial score (nSPS) is 17.1. The second-order valence-corrected chi connectivity index (χ2v) is 11.7. The van der Waals surface area contributed by atoms with E-state index in [4.69, 9.17) is 5.73 Å². The SMILES string of the molecule is CCN(C(=O)Cn1c(C(=O)NC2CCC(C(=O)NCCCCCCN)CC2)cc2sccc21)c1cccc(C)c1. The van der Waals surface area contributed by atoms with Crippen LogP contribution in [0.3, 0.4) is 0 Å². The van der Waals surface area contributed by atoms with Crippen molar-refractivity contribution >= 4 is 45.0 Å². The number of carbonyl (C=O) groups excluding carboxylic acids is 3. The highest BCUT2D eigenvalue weighted by Gasteiger charge is 2.28. The van der Waals surface area contributed by atoms with Crippen LogP contribution >= 0.6 is 11.3 Å². The van der Waals surface area contributed by atoms with Gasteiger partial charge in [-0.05, 0) is 94.1 Å². The number of nitrogens with two attached hydrogens (primary N) is 1. The average Bonchev–Trinajstić information content (AvgIpc) is 3.54. The highest BCUT2D eigenvalue weighted by atomic mass is 32.1. The van der Waals surface area contributed by atoms with Crippen LogP contribution in [0.2, 0.25) is 0 Å². The van der Waals surface area contributed by atoms with E-state index in [0.29, 0.717) is 18.8 Å². The number of aromatic nitrogens is 1. The zero-order valence-corrected chi connectivity index (χ0v) is 24.6. The Balaban J connectivity index is 1.34. The minimum Gasteiger partial charge on any atom is -0.356 e. The van der Waals surface area contributed by atoms with Crippen LogP contribution in [0.15, 0.2) is 41.8 Å². The first-order valence-corrected chi connectivity index (χ1v) is 15.5. The summed E-state index contributed by atoms with van der Waals surface area (Å²) >= 11 is 1.56. The quantitative estimate of drug-likeness (QED) is 0.254. The molecule has 0 spiro atoms. The van der Waals surface area contributed by atoms with Gasteiger partial charge in [-0.25, -0.2) is 0 Å². The van der Waals surface area contributed by atoms with Crippen molar-refractivity contribution in [3.05, 3.63) is 53.0 Å². The third-order valence-electron chi connectivity index (χ3n) is 7.84. The number of hydrogen-bond acceptors (Lipinski definition) is 5. The van der Waals surface area contributed by atoms with Gasteiger partial charge in [0.15, 0.2) is 0 Å². The van der Waals surface area contributed by atoms with E-state index in [-0.39, 0.29) is 36.2 Å². The number of amides is 3. The largest absolute Gasteiger partial charge is 0.356 e. The maximum atomic E-state index is 13.5. The van der Waals surface area contributed by atoms with Crippen molar-refractivity contribution in [3.8, 4) is 0 Å². The Bertz CT molecular complexity index is 1290. The molecule has 1 aliphatic rings. The van der Waals surface area contributed by atoms with Crippen LogP contribution in [-0.4, -0.2) is 48.0 Å². The molecule has 2 heterocycles. The highest BCUT2D eigenvalue weighted by molar-refractivity contribution is 7.17. The number of carbonyl (C=O) groups is 3. The summed E-state index contributed by atoms with van der Waals surface area (Å²) in [5.74, 6) is -0.0899. The molecule has 0 radical (unpaired) electrons. The molecule has 0 bridgehead atoms. The van der Waals surface area contributed by atoms with Gasteiger partial charge in [0.05, 0.1) is 10.2 Å². The van der Waals surface area contributed by atoms with Crippen LogP contribution in [0.5, 0.6) is 0 Å². The number of benzene rings is 1. The molecule has 4 rings (SSSR count). The molecule has 1 fully saturated rings. The lowest BCUT2D eigenvalue weighted by atomic mass is 9.85. The van der Waals surface area contributed by atoms with Gasteiger partial charge in [-0.1, -0.05) is 25.0 Å². The fraction of sp³-hybridized carbons (Fsp3) is 0.516. The van der Waals surface area contributed by atoms with E-state index in [9.17, 15) is 14.4 Å². The van der Waals surface area contributed by atoms with E-state index in [1.54, 1.807) is 16.2 Å². The Hall–Kier alpha value is -3.17. The number of thiophene rings is 1. The molecule has 1 aliphatic carbocycles. The van der Waals surface area contributed by atoms with Gasteiger partial charge >= 0.3 is 0 Å². The van der Waals surface area contributed by atoms with E-state index < -0.39 is 0 Å². The summed E-state index contributed by atoms with van der Waals surface area (Å²) in [7, 11) is 0. The van der Waals surface area contributed by atoms with Crippen LogP contribution in [-0.2, 0) is 16.1 Å². The molecule has 3 aromatic rings. The Morgan fingerprint density at radius 2 is 1.82 bits per heavy atom. The molecular formula is C31H43N5O3S. The molecule has 1 saturated carbocycles. The minimum atomic E-state index is -0.166. The van der Waals surface area contributed by atoms with Crippen molar-refractivity contribution in [3.63, 3.8) is 0 Å². The van der Waals surface area contributed by atoms with E-state index in [0.717, 1.165) is 79.4 Å². The summed E-state index contributed by atoms with van der Waals surface area (Å²) in [6.07, 6.45) is 7.28. The zero-order chi connectivity index (χ0) is 28.5. The number of nitrogens with zero attached hydrogens (tertiary/aromatic N) is 2. The third kappa shape index (κ3) is 7.52. The molecule has 0 atom stereocenters. The van der Waals surface area contributed by atoms with E-state index >= 15 is 0 Å². The molecule has 4 N–H and O–H groups in total. The van der Waals surface area contributed by atoms with E-state index in [1.165, 1.54) is 0 Å². The summed E-state index contributed by atoms with van der Waals surface area (Å²) in [6, 6.07) is 11.8. The van der Waals surface area contributed by atoms with Crippen molar-refractivity contribution < 1.29 is 14.4 Å². The number of likely N-dealkylation sites (N-methyl/N-ethyl adjacent to an activating group) is 1. The fourth-order valence-electron chi connectivity index (χ4n) is 5.59. The molecule has 40 heavy (non-hydrogen) atoms. The van der Waals surface area contributed by atoms with Crippen molar-refractivity contribution in [1.82, 2.24) is 15.2 Å². The van der Waals surface area contributed by atoms with Crippen LogP contribution < -0.4 is 21.3 Å². The molecule has 9 heteroatoms. The molecule has 8 nitrogen and oxygen atoms in total. The smallest absolute Gasteiger partial charge is 0.268 e. The molecule has 3 amide bonds. The number of hydrogen-bond donors (Lipinski definition) is 3. The number of fused-ring (bicyclic) bond motifs is 1. The maximum Gasteiger partial charge on any atom is 0.268 e. The number of unbranched alkanes of at least 4 members (excludes halogenated alkanes) is 3. The maximum absolute atomic E-state index is 13.5. The summed E-state index contributed by atoms with van der Waals surface area (Å²) < 4.78 is 2.83. The first kappa shape index (κ1) is 29.8. The Morgan fingerprint density at radius 1 is 1.05 bits per heavy atom. The molecule has 2 aromatic heterocycles. The first-order chi connectivity index (χ1) is 19.4. The van der Waals surface area contributed by atoms with Gasteiger partial charge < -0.3 is 25.8 Å². The van der Waals surface area contributed by atoms with E-state index in [2.05, 4.69) is 10.6 Å². The molecule has 0 unspecified atom stereocenters. The molecule has 216 valence electrons. The predicted octanol–water partition coefficient (Wildman–Crippen LogP) is 4.99.